The van der Waals surface area contributed by atoms with Crippen molar-refractivity contribution in [2.24, 2.45) is 11.7 Å². The first-order valence-electron chi connectivity index (χ1n) is 6.51. The lowest BCUT2D eigenvalue weighted by Crippen LogP contribution is -2.09. The molecule has 2 aromatic rings. The van der Waals surface area contributed by atoms with Crippen LogP contribution in [0.4, 0.5) is 0 Å². The minimum atomic E-state index is 0.00282. The molecule has 0 aliphatic carbocycles. The van der Waals surface area contributed by atoms with Crippen molar-refractivity contribution in [2.75, 3.05) is 0 Å². The lowest BCUT2D eigenvalue weighted by Gasteiger charge is -2.09. The number of hydrogen-bond acceptors (Lipinski definition) is 2. The molecule has 1 unspecified atom stereocenters. The normalized spacial score (nSPS) is 13.4. The van der Waals surface area contributed by atoms with Crippen LogP contribution in [0, 0.1) is 5.92 Å². The van der Waals surface area contributed by atoms with E-state index < -0.39 is 0 Å². The number of benzene rings is 1. The third-order valence-corrected chi connectivity index (χ3v) is 3.80. The van der Waals surface area contributed by atoms with Crippen molar-refractivity contribution >= 4 is 26.9 Å². The van der Waals surface area contributed by atoms with E-state index in [1.807, 2.05) is 18.2 Å². The van der Waals surface area contributed by atoms with E-state index in [0.717, 1.165) is 40.0 Å². The minimum absolute atomic E-state index is 0.00282. The lowest BCUT2D eigenvalue weighted by atomic mass is 10.0. The average molecular weight is 310 g/mol. The third kappa shape index (κ3) is 3.15. The van der Waals surface area contributed by atoms with Gasteiger partial charge in [-0.05, 0) is 40.4 Å². The Labute approximate surface area is 117 Å². The molecule has 0 aliphatic heterocycles. The highest BCUT2D eigenvalue weighted by molar-refractivity contribution is 9.10. The van der Waals surface area contributed by atoms with Crippen LogP contribution in [-0.4, -0.2) is 0 Å². The van der Waals surface area contributed by atoms with Crippen molar-refractivity contribution in [2.45, 2.75) is 39.2 Å². The fourth-order valence-electron chi connectivity index (χ4n) is 2.12. The molecule has 0 saturated heterocycles. The van der Waals surface area contributed by atoms with Gasteiger partial charge in [0, 0.05) is 5.39 Å². The predicted octanol–water partition coefficient (Wildman–Crippen LogP) is 5.02. The zero-order valence-corrected chi connectivity index (χ0v) is 12.5. The number of fused-ring (bicyclic) bond motifs is 1. The number of para-hydroxylation sites is 1. The molecule has 0 saturated carbocycles. The van der Waals surface area contributed by atoms with E-state index in [2.05, 4.69) is 35.8 Å². The second-order valence-electron chi connectivity index (χ2n) is 5.24. The number of rotatable bonds is 5. The molecule has 98 valence electrons. The van der Waals surface area contributed by atoms with Gasteiger partial charge in [0.1, 0.15) is 11.3 Å². The number of furan rings is 1. The van der Waals surface area contributed by atoms with Gasteiger partial charge in [0.2, 0.25) is 0 Å². The van der Waals surface area contributed by atoms with E-state index in [-0.39, 0.29) is 6.04 Å². The molecular formula is C15H20BrNO. The first kappa shape index (κ1) is 13.6. The van der Waals surface area contributed by atoms with Gasteiger partial charge in [0.05, 0.1) is 10.5 Å². The van der Waals surface area contributed by atoms with Crippen LogP contribution < -0.4 is 5.73 Å². The van der Waals surface area contributed by atoms with Crippen LogP contribution in [0.3, 0.4) is 0 Å². The SMILES string of the molecule is CC(C)CCCC(N)c1cc2cccc(Br)c2o1. The van der Waals surface area contributed by atoms with Gasteiger partial charge in [-0.25, -0.2) is 0 Å². The van der Waals surface area contributed by atoms with Crippen molar-refractivity contribution in [3.05, 3.63) is 34.5 Å². The molecule has 3 heteroatoms. The van der Waals surface area contributed by atoms with Crippen LogP contribution in [-0.2, 0) is 0 Å². The largest absolute Gasteiger partial charge is 0.458 e. The van der Waals surface area contributed by atoms with E-state index >= 15 is 0 Å². The van der Waals surface area contributed by atoms with E-state index in [4.69, 9.17) is 10.2 Å². The Bertz CT molecular complexity index is 518. The van der Waals surface area contributed by atoms with Crippen molar-refractivity contribution in [1.82, 2.24) is 0 Å². The van der Waals surface area contributed by atoms with Gasteiger partial charge in [0.25, 0.3) is 0 Å². The van der Waals surface area contributed by atoms with Crippen LogP contribution in [0.5, 0.6) is 0 Å². The quantitative estimate of drug-likeness (QED) is 0.842. The summed E-state index contributed by atoms with van der Waals surface area (Å²) in [5.74, 6) is 1.63. The molecule has 1 aromatic carbocycles. The predicted molar refractivity (Wildman–Crippen MR) is 79.5 cm³/mol. The Morgan fingerprint density at radius 3 is 2.72 bits per heavy atom. The van der Waals surface area contributed by atoms with Crippen molar-refractivity contribution in [1.29, 1.82) is 0 Å². The summed E-state index contributed by atoms with van der Waals surface area (Å²) in [6.45, 7) is 4.48. The number of halogens is 1. The van der Waals surface area contributed by atoms with Crippen molar-refractivity contribution in [3.63, 3.8) is 0 Å². The highest BCUT2D eigenvalue weighted by Gasteiger charge is 2.13. The van der Waals surface area contributed by atoms with Gasteiger partial charge in [-0.2, -0.15) is 0 Å². The molecule has 0 radical (unpaired) electrons. The molecule has 1 aromatic heterocycles. The summed E-state index contributed by atoms with van der Waals surface area (Å²) in [5.41, 5.74) is 7.08. The van der Waals surface area contributed by atoms with Gasteiger partial charge in [-0.15, -0.1) is 0 Å². The maximum atomic E-state index is 6.19. The van der Waals surface area contributed by atoms with Crippen LogP contribution in [0.15, 0.2) is 33.2 Å². The summed E-state index contributed by atoms with van der Waals surface area (Å²) in [7, 11) is 0. The second-order valence-corrected chi connectivity index (χ2v) is 6.09. The lowest BCUT2D eigenvalue weighted by molar-refractivity contribution is 0.445. The van der Waals surface area contributed by atoms with Gasteiger partial charge < -0.3 is 10.2 Å². The first-order chi connectivity index (χ1) is 8.58. The Morgan fingerprint density at radius 2 is 2.06 bits per heavy atom. The van der Waals surface area contributed by atoms with Gasteiger partial charge in [-0.3, -0.25) is 0 Å². The van der Waals surface area contributed by atoms with Crippen molar-refractivity contribution in [3.8, 4) is 0 Å². The fourth-order valence-corrected chi connectivity index (χ4v) is 2.58. The van der Waals surface area contributed by atoms with Gasteiger partial charge in [0.15, 0.2) is 0 Å². The second kappa shape index (κ2) is 5.89. The summed E-state index contributed by atoms with van der Waals surface area (Å²) in [6, 6.07) is 8.10. The monoisotopic (exact) mass is 309 g/mol. The summed E-state index contributed by atoms with van der Waals surface area (Å²) >= 11 is 3.50. The zero-order chi connectivity index (χ0) is 13.1. The summed E-state index contributed by atoms with van der Waals surface area (Å²) in [5, 5.41) is 1.11. The number of hydrogen-bond donors (Lipinski definition) is 1. The topological polar surface area (TPSA) is 39.2 Å². The molecule has 2 nitrogen and oxygen atoms in total. The van der Waals surface area contributed by atoms with Crippen LogP contribution in [0.1, 0.15) is 44.9 Å². The molecule has 0 amide bonds. The third-order valence-electron chi connectivity index (χ3n) is 3.18. The molecule has 0 bridgehead atoms. The molecule has 0 fully saturated rings. The van der Waals surface area contributed by atoms with Gasteiger partial charge >= 0.3 is 0 Å². The summed E-state index contributed by atoms with van der Waals surface area (Å²) in [6.07, 6.45) is 3.35. The maximum absolute atomic E-state index is 6.19. The molecule has 0 spiro atoms. The van der Waals surface area contributed by atoms with Crippen molar-refractivity contribution < 1.29 is 4.42 Å². The maximum Gasteiger partial charge on any atom is 0.148 e. The standard InChI is InChI=1S/C15H20BrNO/c1-10(2)5-3-8-13(17)14-9-11-6-4-7-12(16)15(11)18-14/h4,6-7,9-10,13H,3,5,8,17H2,1-2H3. The van der Waals surface area contributed by atoms with Crippen LogP contribution >= 0.6 is 15.9 Å². The van der Waals surface area contributed by atoms with E-state index in [1.54, 1.807) is 0 Å². The first-order valence-corrected chi connectivity index (χ1v) is 7.30. The highest BCUT2D eigenvalue weighted by atomic mass is 79.9. The van der Waals surface area contributed by atoms with Crippen LogP contribution in [0.25, 0.3) is 11.0 Å². The molecule has 1 atom stereocenters. The molecule has 1 heterocycles. The molecule has 0 aliphatic rings. The molecule has 2 rings (SSSR count). The van der Waals surface area contributed by atoms with E-state index in [0.29, 0.717) is 0 Å². The zero-order valence-electron chi connectivity index (χ0n) is 10.9. The Morgan fingerprint density at radius 1 is 1.28 bits per heavy atom. The van der Waals surface area contributed by atoms with Gasteiger partial charge in [-0.1, -0.05) is 38.8 Å². The number of nitrogens with two attached hydrogens (primary N) is 1. The molecular weight excluding hydrogens is 290 g/mol. The highest BCUT2D eigenvalue weighted by Crippen LogP contribution is 2.30. The molecule has 2 N–H and O–H groups in total. The Balaban J connectivity index is 2.08. The Hall–Kier alpha value is -0.800. The average Bonchev–Trinajstić information content (AvgIpc) is 2.74. The smallest absolute Gasteiger partial charge is 0.148 e. The summed E-state index contributed by atoms with van der Waals surface area (Å²) in [4.78, 5) is 0. The molecule has 18 heavy (non-hydrogen) atoms. The summed E-state index contributed by atoms with van der Waals surface area (Å²) < 4.78 is 6.83. The van der Waals surface area contributed by atoms with E-state index in [9.17, 15) is 0 Å². The minimum Gasteiger partial charge on any atom is -0.458 e. The fraction of sp³-hybridized carbons (Fsp3) is 0.467. The van der Waals surface area contributed by atoms with Crippen LogP contribution in [0.2, 0.25) is 0 Å². The Kier molecular flexibility index (Phi) is 4.46. The van der Waals surface area contributed by atoms with E-state index in [1.165, 1.54) is 6.42 Å².